The van der Waals surface area contributed by atoms with E-state index < -0.39 is 49.2 Å². The lowest BCUT2D eigenvalue weighted by atomic mass is 9.83. The van der Waals surface area contributed by atoms with E-state index in [0.29, 0.717) is 22.3 Å². The molecule has 0 saturated carbocycles. The molecule has 2 aliphatic heterocycles. The van der Waals surface area contributed by atoms with E-state index in [1.165, 1.54) is 26.4 Å². The van der Waals surface area contributed by atoms with Crippen molar-refractivity contribution >= 4 is 18.1 Å². The molecule has 0 spiro atoms. The van der Waals surface area contributed by atoms with E-state index >= 15 is 0 Å². The molecule has 0 unspecified atom stereocenters. The molecule has 3 aromatic carbocycles. The number of aliphatic hydroxyl groups excluding tert-OH is 4. The average molecular weight is 597 g/mol. The summed E-state index contributed by atoms with van der Waals surface area (Å²) in [5.74, 6) is -0.146. The molecule has 228 valence electrons. The van der Waals surface area contributed by atoms with Gasteiger partial charge in [-0.25, -0.2) is 0 Å². The SMILES string of the molecule is COc1cc([C@@H]2CC(=O)Oc3cc(O)cc(/C=C\c4ccc(O[C@H]5O[C@H](CO)[C@H](O)[C@@H](O)[C@H]5O)c(OC)c4)c32)ccc1O. The van der Waals surface area contributed by atoms with Crippen LogP contribution < -0.4 is 18.9 Å². The minimum Gasteiger partial charge on any atom is -0.508 e. The average Bonchev–Trinajstić information content (AvgIpc) is 3.00. The first-order valence-electron chi connectivity index (χ1n) is 13.4. The molecule has 2 heterocycles. The molecule has 1 fully saturated rings. The molecule has 6 N–H and O–H groups in total. The molecular weight excluding hydrogens is 564 g/mol. The van der Waals surface area contributed by atoms with E-state index in [1.54, 1.807) is 48.6 Å². The van der Waals surface area contributed by atoms with Crippen molar-refractivity contribution in [1.29, 1.82) is 0 Å². The number of rotatable bonds is 8. The Balaban J connectivity index is 1.45. The molecular formula is C31H32O12. The van der Waals surface area contributed by atoms with Crippen LogP contribution in [0.5, 0.6) is 34.5 Å². The minimum atomic E-state index is -1.59. The quantitative estimate of drug-likeness (QED) is 0.126. The Kier molecular flexibility index (Phi) is 8.76. The number of ether oxygens (including phenoxy) is 5. The van der Waals surface area contributed by atoms with E-state index in [9.17, 15) is 35.4 Å². The molecule has 1 saturated heterocycles. The van der Waals surface area contributed by atoms with Crippen LogP contribution in [0, 0.1) is 0 Å². The maximum Gasteiger partial charge on any atom is 0.312 e. The summed E-state index contributed by atoms with van der Waals surface area (Å²) in [4.78, 5) is 12.5. The number of aromatic hydroxyl groups is 2. The first-order valence-corrected chi connectivity index (χ1v) is 13.4. The topological polar surface area (TPSA) is 185 Å². The maximum absolute atomic E-state index is 12.5. The molecule has 2 aliphatic rings. The van der Waals surface area contributed by atoms with Crippen molar-refractivity contribution in [3.8, 4) is 34.5 Å². The zero-order valence-corrected chi connectivity index (χ0v) is 23.3. The van der Waals surface area contributed by atoms with Gasteiger partial charge in [-0.1, -0.05) is 24.3 Å². The van der Waals surface area contributed by atoms with E-state index in [2.05, 4.69) is 0 Å². The summed E-state index contributed by atoms with van der Waals surface area (Å²) in [6, 6.07) is 12.7. The molecule has 0 aliphatic carbocycles. The normalized spacial score (nSPS) is 25.2. The molecule has 43 heavy (non-hydrogen) atoms. The van der Waals surface area contributed by atoms with E-state index in [-0.39, 0.29) is 40.9 Å². The van der Waals surface area contributed by atoms with Crippen LogP contribution in [0.25, 0.3) is 12.2 Å². The smallest absolute Gasteiger partial charge is 0.312 e. The van der Waals surface area contributed by atoms with Crippen LogP contribution in [-0.4, -0.2) is 88.1 Å². The molecule has 12 nitrogen and oxygen atoms in total. The first-order chi connectivity index (χ1) is 20.6. The zero-order chi connectivity index (χ0) is 30.8. The lowest BCUT2D eigenvalue weighted by Crippen LogP contribution is -2.60. The van der Waals surface area contributed by atoms with Gasteiger partial charge in [-0.2, -0.15) is 0 Å². The van der Waals surface area contributed by atoms with E-state index in [4.69, 9.17) is 23.7 Å². The van der Waals surface area contributed by atoms with Crippen LogP contribution in [0.3, 0.4) is 0 Å². The molecule has 0 aromatic heterocycles. The molecule has 5 rings (SSSR count). The molecule has 0 bridgehead atoms. The number of methoxy groups -OCH3 is 2. The Bertz CT molecular complexity index is 1520. The second-order valence-corrected chi connectivity index (χ2v) is 10.2. The predicted octanol–water partition coefficient (Wildman–Crippen LogP) is 1.91. The minimum absolute atomic E-state index is 0.0321. The van der Waals surface area contributed by atoms with Crippen molar-refractivity contribution in [2.24, 2.45) is 0 Å². The highest BCUT2D eigenvalue weighted by Gasteiger charge is 2.45. The summed E-state index contributed by atoms with van der Waals surface area (Å²) in [5.41, 5.74) is 2.62. The van der Waals surface area contributed by atoms with Crippen molar-refractivity contribution in [3.63, 3.8) is 0 Å². The summed E-state index contributed by atoms with van der Waals surface area (Å²) >= 11 is 0. The Morgan fingerprint density at radius 2 is 1.65 bits per heavy atom. The largest absolute Gasteiger partial charge is 0.508 e. The summed E-state index contributed by atoms with van der Waals surface area (Å²) < 4.78 is 27.3. The Morgan fingerprint density at radius 3 is 2.37 bits per heavy atom. The van der Waals surface area contributed by atoms with Gasteiger partial charge in [0.25, 0.3) is 0 Å². The third-order valence-corrected chi connectivity index (χ3v) is 7.44. The fourth-order valence-corrected chi connectivity index (χ4v) is 5.22. The number of benzene rings is 3. The molecule has 0 radical (unpaired) electrons. The van der Waals surface area contributed by atoms with E-state index in [0.717, 1.165) is 0 Å². The van der Waals surface area contributed by atoms with Crippen LogP contribution in [-0.2, 0) is 9.53 Å². The van der Waals surface area contributed by atoms with Crippen molar-refractivity contribution in [3.05, 3.63) is 70.8 Å². The summed E-state index contributed by atoms with van der Waals surface area (Å²) in [5, 5.41) is 60.3. The highest BCUT2D eigenvalue weighted by Crippen LogP contribution is 2.45. The van der Waals surface area contributed by atoms with Crippen molar-refractivity contribution in [2.45, 2.75) is 43.0 Å². The third kappa shape index (κ3) is 6.10. The second kappa shape index (κ2) is 12.5. The summed E-state index contributed by atoms with van der Waals surface area (Å²) in [7, 11) is 2.85. The fraction of sp³-hybridized carbons (Fsp3) is 0.323. The van der Waals surface area contributed by atoms with Crippen LogP contribution >= 0.6 is 0 Å². The second-order valence-electron chi connectivity index (χ2n) is 10.2. The predicted molar refractivity (Wildman–Crippen MR) is 151 cm³/mol. The fourth-order valence-electron chi connectivity index (χ4n) is 5.22. The van der Waals surface area contributed by atoms with Crippen LogP contribution in [0.1, 0.15) is 34.6 Å². The van der Waals surface area contributed by atoms with Gasteiger partial charge < -0.3 is 54.3 Å². The van der Waals surface area contributed by atoms with Crippen LogP contribution in [0.2, 0.25) is 0 Å². The van der Waals surface area contributed by atoms with Gasteiger partial charge in [0.2, 0.25) is 6.29 Å². The zero-order valence-electron chi connectivity index (χ0n) is 23.3. The highest BCUT2D eigenvalue weighted by atomic mass is 16.7. The van der Waals surface area contributed by atoms with Gasteiger partial charge >= 0.3 is 5.97 Å². The van der Waals surface area contributed by atoms with Gasteiger partial charge in [0.1, 0.15) is 35.9 Å². The van der Waals surface area contributed by atoms with Gasteiger partial charge in [0.15, 0.2) is 23.0 Å². The standard InChI is InChI=1S/C31H32O12/c1-39-22-11-16(6-7-20(22)34)19-13-26(35)41-24-12-18(33)10-17(27(19)24)5-3-15-4-8-21(23(9-15)40-2)42-31-30(38)29(37)28(36)25(14-32)43-31/h3-12,19,25,28-34,36-38H,13-14H2,1-2H3/b5-3-/t19-,25+,28-,29+,30+,31-/m0/s1. The van der Waals surface area contributed by atoms with Gasteiger partial charge in [0.05, 0.1) is 27.2 Å². The van der Waals surface area contributed by atoms with Crippen LogP contribution in [0.4, 0.5) is 0 Å². The van der Waals surface area contributed by atoms with E-state index in [1.807, 2.05) is 0 Å². The molecule has 3 aromatic rings. The number of hydrogen-bond donors (Lipinski definition) is 6. The monoisotopic (exact) mass is 596 g/mol. The summed E-state index contributed by atoms with van der Waals surface area (Å²) in [6.45, 7) is -0.592. The number of hydrogen-bond acceptors (Lipinski definition) is 12. The lowest BCUT2D eigenvalue weighted by Gasteiger charge is -2.39. The number of carbonyl (C=O) groups is 1. The highest BCUT2D eigenvalue weighted by molar-refractivity contribution is 5.82. The van der Waals surface area contributed by atoms with Crippen molar-refractivity contribution < 1.29 is 59.1 Å². The number of fused-ring (bicyclic) bond motifs is 1. The number of carbonyl (C=O) groups excluding carboxylic acids is 1. The number of aliphatic hydroxyl groups is 4. The van der Waals surface area contributed by atoms with Crippen molar-refractivity contribution in [1.82, 2.24) is 0 Å². The first kappa shape index (κ1) is 30.1. The Morgan fingerprint density at radius 1 is 0.884 bits per heavy atom. The lowest BCUT2D eigenvalue weighted by molar-refractivity contribution is -0.277. The van der Waals surface area contributed by atoms with Gasteiger partial charge in [0, 0.05) is 17.5 Å². The Hall–Kier alpha value is -4.33. The van der Waals surface area contributed by atoms with Gasteiger partial charge in [-0.05, 0) is 47.0 Å². The van der Waals surface area contributed by atoms with Crippen LogP contribution in [0.15, 0.2) is 48.5 Å². The third-order valence-electron chi connectivity index (χ3n) is 7.44. The maximum atomic E-state index is 12.5. The summed E-state index contributed by atoms with van der Waals surface area (Å²) in [6.07, 6.45) is -3.69. The molecule has 6 atom stereocenters. The molecule has 0 amide bonds. The molecule has 12 heteroatoms. The number of phenols is 2. The number of esters is 1. The Labute approximate surface area is 246 Å². The van der Waals surface area contributed by atoms with Gasteiger partial charge in [-0.3, -0.25) is 4.79 Å². The number of phenolic OH excluding ortho intramolecular Hbond substituents is 2. The van der Waals surface area contributed by atoms with Gasteiger partial charge in [-0.15, -0.1) is 0 Å². The van der Waals surface area contributed by atoms with Crippen molar-refractivity contribution in [2.75, 3.05) is 20.8 Å².